The molecule has 1 heterocycles. The van der Waals surface area contributed by atoms with Crippen molar-refractivity contribution in [3.8, 4) is 11.5 Å². The molecule has 2 aliphatic rings. The molecule has 190 valence electrons. The molecular weight excluding hydrogens is 546 g/mol. The van der Waals surface area contributed by atoms with Crippen molar-refractivity contribution in [3.63, 3.8) is 0 Å². The van der Waals surface area contributed by atoms with Gasteiger partial charge >= 0.3 is 5.97 Å². The fourth-order valence-electron chi connectivity index (χ4n) is 4.91. The van der Waals surface area contributed by atoms with Crippen LogP contribution >= 0.6 is 27.5 Å². The van der Waals surface area contributed by atoms with Gasteiger partial charge in [0.25, 0.3) is 0 Å². The maximum Gasteiger partial charge on any atom is 0.336 e. The first-order valence-corrected chi connectivity index (χ1v) is 13.2. The largest absolute Gasteiger partial charge is 0.503 e. The summed E-state index contributed by atoms with van der Waals surface area (Å²) in [6.07, 6.45) is 1.61. The molecule has 0 fully saturated rings. The zero-order chi connectivity index (χ0) is 26.0. The van der Waals surface area contributed by atoms with Gasteiger partial charge in [-0.05, 0) is 83.9 Å². The molecule has 0 amide bonds. The lowest BCUT2D eigenvalue weighted by Crippen LogP contribution is -2.36. The number of Topliss-reactive ketones (excluding diaryl/α,β-unsaturated/α-hetero) is 1. The van der Waals surface area contributed by atoms with E-state index >= 15 is 0 Å². The van der Waals surface area contributed by atoms with Crippen LogP contribution in [0.15, 0.2) is 63.4 Å². The third kappa shape index (κ3) is 5.18. The molecule has 0 aromatic heterocycles. The summed E-state index contributed by atoms with van der Waals surface area (Å²) in [6.45, 7) is 6.22. The van der Waals surface area contributed by atoms with E-state index < -0.39 is 11.9 Å². The van der Waals surface area contributed by atoms with Gasteiger partial charge in [-0.15, -0.1) is 0 Å². The average molecular weight is 575 g/mol. The van der Waals surface area contributed by atoms with Crippen molar-refractivity contribution in [2.45, 2.75) is 51.9 Å². The van der Waals surface area contributed by atoms with Crippen LogP contribution < -0.4 is 10.1 Å². The van der Waals surface area contributed by atoms with Crippen LogP contribution in [-0.2, 0) is 14.3 Å². The number of carbonyl (C=O) groups is 2. The van der Waals surface area contributed by atoms with Gasteiger partial charge < -0.3 is 19.9 Å². The zero-order valence-corrected chi connectivity index (χ0v) is 22.8. The van der Waals surface area contributed by atoms with Gasteiger partial charge in [-0.3, -0.25) is 4.79 Å². The Labute approximate surface area is 224 Å². The summed E-state index contributed by atoms with van der Waals surface area (Å²) in [5.74, 6) is -0.910. The van der Waals surface area contributed by atoms with Crippen LogP contribution in [0.2, 0.25) is 5.02 Å². The lowest BCUT2D eigenvalue weighted by atomic mass is 9.71. The summed E-state index contributed by atoms with van der Waals surface area (Å²) < 4.78 is 11.6. The zero-order valence-electron chi connectivity index (χ0n) is 20.5. The average Bonchev–Trinajstić information content (AvgIpc) is 2.84. The first-order chi connectivity index (χ1) is 17.2. The third-order valence-electron chi connectivity index (χ3n) is 6.51. The van der Waals surface area contributed by atoms with E-state index in [-0.39, 0.29) is 29.8 Å². The van der Waals surface area contributed by atoms with E-state index in [0.29, 0.717) is 57.8 Å². The van der Waals surface area contributed by atoms with E-state index in [2.05, 4.69) is 21.2 Å². The number of dihydropyridines is 1. The minimum absolute atomic E-state index is 0.00593. The molecule has 1 aliphatic carbocycles. The number of carbonyl (C=O) groups excluding carboxylic acids is 2. The van der Waals surface area contributed by atoms with Gasteiger partial charge in [0.05, 0.1) is 23.3 Å². The number of hydrogen-bond acceptors (Lipinski definition) is 6. The Morgan fingerprint density at radius 1 is 1.17 bits per heavy atom. The number of aromatic hydroxyl groups is 1. The van der Waals surface area contributed by atoms with E-state index in [1.165, 1.54) is 0 Å². The highest BCUT2D eigenvalue weighted by Crippen LogP contribution is 2.48. The van der Waals surface area contributed by atoms with Crippen molar-refractivity contribution < 1.29 is 24.2 Å². The van der Waals surface area contributed by atoms with E-state index in [1.807, 2.05) is 45.0 Å². The molecule has 2 atom stereocenters. The van der Waals surface area contributed by atoms with E-state index in [1.54, 1.807) is 12.1 Å². The minimum Gasteiger partial charge on any atom is -0.503 e. The highest BCUT2D eigenvalue weighted by atomic mass is 79.9. The Morgan fingerprint density at radius 2 is 1.89 bits per heavy atom. The minimum atomic E-state index is -0.652. The number of allylic oxidation sites excluding steroid dienone is 3. The fraction of sp³-hybridized carbons (Fsp3) is 0.357. The van der Waals surface area contributed by atoms with Crippen LogP contribution in [0.3, 0.4) is 0 Å². The molecule has 1 aliphatic heterocycles. The second kappa shape index (κ2) is 11.1. The number of ketones is 1. The Kier molecular flexibility index (Phi) is 8.10. The number of benzene rings is 2. The van der Waals surface area contributed by atoms with E-state index in [4.69, 9.17) is 21.1 Å². The van der Waals surface area contributed by atoms with Crippen LogP contribution in [0.5, 0.6) is 11.5 Å². The molecule has 6 nitrogen and oxygen atoms in total. The molecule has 36 heavy (non-hydrogen) atoms. The Hall–Kier alpha value is -2.77. The molecular formula is C28H29BrClNO5. The highest BCUT2D eigenvalue weighted by Gasteiger charge is 2.42. The molecule has 0 saturated heterocycles. The third-order valence-corrected chi connectivity index (χ3v) is 7.37. The number of rotatable bonds is 7. The predicted molar refractivity (Wildman–Crippen MR) is 142 cm³/mol. The molecule has 4 rings (SSSR count). The molecule has 2 aromatic carbocycles. The maximum absolute atomic E-state index is 13.7. The van der Waals surface area contributed by atoms with Crippen LogP contribution in [0.25, 0.3) is 0 Å². The molecule has 8 heteroatoms. The summed E-state index contributed by atoms with van der Waals surface area (Å²) >= 11 is 9.47. The molecule has 2 aromatic rings. The van der Waals surface area contributed by atoms with Crippen LogP contribution in [0.1, 0.15) is 63.0 Å². The van der Waals surface area contributed by atoms with Crippen LogP contribution in [0, 0.1) is 0 Å². The monoisotopic (exact) mass is 573 g/mol. The smallest absolute Gasteiger partial charge is 0.336 e. The molecule has 0 radical (unpaired) electrons. The molecule has 2 N–H and O–H groups in total. The van der Waals surface area contributed by atoms with E-state index in [0.717, 1.165) is 11.3 Å². The topological polar surface area (TPSA) is 84.9 Å². The Morgan fingerprint density at radius 3 is 2.56 bits per heavy atom. The Bertz CT molecular complexity index is 1250. The number of phenolic OH excluding ortho intramolecular Hbond substituents is 1. The molecule has 0 spiro atoms. The van der Waals surface area contributed by atoms with Crippen molar-refractivity contribution in [1.29, 1.82) is 0 Å². The highest BCUT2D eigenvalue weighted by molar-refractivity contribution is 9.10. The quantitative estimate of drug-likeness (QED) is 0.366. The number of nitrogens with one attached hydrogen (secondary N) is 1. The number of halogens is 2. The lowest BCUT2D eigenvalue weighted by Gasteiger charge is -2.37. The van der Waals surface area contributed by atoms with Crippen molar-refractivity contribution in [3.05, 3.63) is 79.6 Å². The van der Waals surface area contributed by atoms with Gasteiger partial charge in [-0.1, -0.05) is 30.7 Å². The summed E-state index contributed by atoms with van der Waals surface area (Å²) in [6, 6.07) is 11.0. The first kappa shape index (κ1) is 26.3. The SMILES string of the molecule is CCCOC(=O)C1=C(C)NC2=C(C(=O)CC(c3ccc(Cl)cc3)C2)C1c1cc(Br)c(O)c(OCC)c1. The summed E-state index contributed by atoms with van der Waals surface area (Å²) in [7, 11) is 0. The van der Waals surface area contributed by atoms with Gasteiger partial charge in [0.15, 0.2) is 17.3 Å². The summed E-state index contributed by atoms with van der Waals surface area (Å²) in [5, 5.41) is 14.5. The number of ether oxygens (including phenoxy) is 2. The van der Waals surface area contributed by atoms with E-state index in [9.17, 15) is 14.7 Å². The number of phenols is 1. The van der Waals surface area contributed by atoms with Crippen molar-refractivity contribution >= 4 is 39.3 Å². The van der Waals surface area contributed by atoms with Gasteiger partial charge in [0, 0.05) is 34.3 Å². The first-order valence-electron chi connectivity index (χ1n) is 12.1. The summed E-state index contributed by atoms with van der Waals surface area (Å²) in [4.78, 5) is 27.0. The second-order valence-electron chi connectivity index (χ2n) is 8.99. The van der Waals surface area contributed by atoms with Gasteiger partial charge in [-0.25, -0.2) is 4.79 Å². The predicted octanol–water partition coefficient (Wildman–Crippen LogP) is 6.52. The van der Waals surface area contributed by atoms with Crippen LogP contribution in [-0.4, -0.2) is 30.1 Å². The van der Waals surface area contributed by atoms with Crippen molar-refractivity contribution in [2.24, 2.45) is 0 Å². The van der Waals surface area contributed by atoms with Gasteiger partial charge in [0.1, 0.15) is 0 Å². The lowest BCUT2D eigenvalue weighted by molar-refractivity contribution is -0.139. The normalized spacial score (nSPS) is 19.6. The fourth-order valence-corrected chi connectivity index (χ4v) is 5.50. The van der Waals surface area contributed by atoms with Gasteiger partial charge in [-0.2, -0.15) is 0 Å². The molecule has 0 saturated carbocycles. The second-order valence-corrected chi connectivity index (χ2v) is 10.3. The number of hydrogen-bond donors (Lipinski definition) is 2. The molecule has 2 unspecified atom stereocenters. The van der Waals surface area contributed by atoms with Crippen molar-refractivity contribution in [2.75, 3.05) is 13.2 Å². The van der Waals surface area contributed by atoms with Crippen LogP contribution in [0.4, 0.5) is 0 Å². The summed E-state index contributed by atoms with van der Waals surface area (Å²) in [5.41, 5.74) is 4.08. The number of esters is 1. The van der Waals surface area contributed by atoms with Crippen molar-refractivity contribution in [1.82, 2.24) is 5.32 Å². The maximum atomic E-state index is 13.7. The standard InChI is InChI=1S/C28H29BrClNO5/c1-4-10-36-28(34)24-15(3)31-21-12-17(16-6-8-19(30)9-7-16)13-22(32)26(21)25(24)18-11-20(29)27(33)23(14-18)35-5-2/h6-9,11,14,17,25,31,33H,4-5,10,12-13H2,1-3H3. The molecule has 0 bridgehead atoms. The van der Waals surface area contributed by atoms with Gasteiger partial charge in [0.2, 0.25) is 0 Å². The Balaban J connectivity index is 1.83.